The highest BCUT2D eigenvalue weighted by Crippen LogP contribution is 2.26. The van der Waals surface area contributed by atoms with Crippen molar-refractivity contribution in [2.24, 2.45) is 0 Å². The third-order valence-electron chi connectivity index (χ3n) is 11.9. The van der Waals surface area contributed by atoms with E-state index in [1.54, 1.807) is 0 Å². The summed E-state index contributed by atoms with van der Waals surface area (Å²) >= 11 is 0. The molecule has 0 aliphatic carbocycles. The maximum absolute atomic E-state index is 13.1. The number of unbranched alkanes of at least 4 members (excludes halogenated alkanes) is 17. The largest absolute Gasteiger partial charge is 0.479 e. The van der Waals surface area contributed by atoms with E-state index in [9.17, 15) is 34.5 Å². The highest BCUT2D eigenvalue weighted by atomic mass is 16.7. The Morgan fingerprint density at radius 2 is 0.915 bits per heavy atom. The Hall–Kier alpha value is -4.10. The number of carbonyl (C=O) groups is 4. The van der Waals surface area contributed by atoms with E-state index in [4.69, 9.17) is 23.7 Å². The summed E-state index contributed by atoms with van der Waals surface area (Å²) in [4.78, 5) is 50.9. The van der Waals surface area contributed by atoms with Gasteiger partial charge in [-0.2, -0.15) is 0 Å². The van der Waals surface area contributed by atoms with Crippen LogP contribution in [0, 0.1) is 0 Å². The van der Waals surface area contributed by atoms with Gasteiger partial charge in [0.25, 0.3) is 0 Å². The van der Waals surface area contributed by atoms with Gasteiger partial charge in [0.1, 0.15) is 18.8 Å². The van der Waals surface area contributed by atoms with Gasteiger partial charge in [0.05, 0.1) is 6.61 Å². The molecular weight excluding hydrogens is 901 g/mol. The van der Waals surface area contributed by atoms with E-state index >= 15 is 0 Å². The molecule has 3 N–H and O–H groups in total. The van der Waals surface area contributed by atoms with E-state index in [1.807, 2.05) is 12.2 Å². The fourth-order valence-corrected chi connectivity index (χ4v) is 7.70. The zero-order chi connectivity index (χ0) is 51.8. The molecule has 6 unspecified atom stereocenters. The Morgan fingerprint density at radius 1 is 0.479 bits per heavy atom. The van der Waals surface area contributed by atoms with Crippen LogP contribution < -0.4 is 0 Å². The third kappa shape index (κ3) is 37.3. The van der Waals surface area contributed by atoms with Gasteiger partial charge in [-0.3, -0.25) is 14.4 Å². The molecule has 0 bridgehead atoms. The number of carboxylic acids is 1. The van der Waals surface area contributed by atoms with Crippen LogP contribution in [0.15, 0.2) is 85.1 Å². The van der Waals surface area contributed by atoms with Crippen LogP contribution in [0.25, 0.3) is 0 Å². The minimum atomic E-state index is -1.92. The van der Waals surface area contributed by atoms with Crippen LogP contribution in [0.4, 0.5) is 0 Å². The van der Waals surface area contributed by atoms with E-state index < -0.39 is 67.3 Å². The van der Waals surface area contributed by atoms with Crippen molar-refractivity contribution >= 4 is 23.9 Å². The Balaban J connectivity index is 2.77. The Bertz CT molecular complexity index is 1560. The van der Waals surface area contributed by atoms with Gasteiger partial charge in [-0.15, -0.1) is 0 Å². The number of hydrogen-bond donors (Lipinski definition) is 3. The molecule has 12 heteroatoms. The lowest BCUT2D eigenvalue weighted by atomic mass is 9.98. The summed E-state index contributed by atoms with van der Waals surface area (Å²) in [5, 5.41) is 31.4. The molecule has 6 atom stereocenters. The summed E-state index contributed by atoms with van der Waals surface area (Å²) in [6.07, 6.45) is 47.2. The smallest absolute Gasteiger partial charge is 0.335 e. The van der Waals surface area contributed by atoms with Gasteiger partial charge >= 0.3 is 23.9 Å². The van der Waals surface area contributed by atoms with Gasteiger partial charge in [0.2, 0.25) is 0 Å². The molecule has 1 aliphatic heterocycles. The van der Waals surface area contributed by atoms with Gasteiger partial charge in [-0.25, -0.2) is 4.79 Å². The molecule has 404 valence electrons. The summed E-state index contributed by atoms with van der Waals surface area (Å²) < 4.78 is 28.2. The van der Waals surface area contributed by atoms with Crippen molar-refractivity contribution in [3.63, 3.8) is 0 Å². The quantitative estimate of drug-likeness (QED) is 0.0228. The summed E-state index contributed by atoms with van der Waals surface area (Å²) in [6, 6.07) is 0. The van der Waals surface area contributed by atoms with Gasteiger partial charge in [0.15, 0.2) is 24.6 Å². The average molecular weight is 997 g/mol. The first-order valence-electron chi connectivity index (χ1n) is 27.6. The van der Waals surface area contributed by atoms with Crippen molar-refractivity contribution in [2.45, 2.75) is 250 Å². The van der Waals surface area contributed by atoms with E-state index in [1.165, 1.54) is 44.9 Å². The Labute approximate surface area is 429 Å². The number of hydrogen-bond acceptors (Lipinski definition) is 11. The van der Waals surface area contributed by atoms with Crippen LogP contribution in [-0.2, 0) is 42.9 Å². The SMILES string of the molecule is CC/C=C\C/C=C\C/C=C\C/C=C\CCC(=O)OCC(COC1OC(C(=O)O)C(O)C(O)C1OC(=O)CCCCCCC/C=C\C/C=C\CCCCC)OC(=O)CCCCCCC/C=C\CCCCCC. The molecule has 0 saturated carbocycles. The highest BCUT2D eigenvalue weighted by molar-refractivity contribution is 5.74. The summed E-state index contributed by atoms with van der Waals surface area (Å²) in [5.41, 5.74) is 0. The Morgan fingerprint density at radius 3 is 1.45 bits per heavy atom. The average Bonchev–Trinajstić information content (AvgIpc) is 3.35. The molecule has 71 heavy (non-hydrogen) atoms. The van der Waals surface area contributed by atoms with Gasteiger partial charge in [-0.05, 0) is 103 Å². The minimum Gasteiger partial charge on any atom is -0.479 e. The molecule has 0 spiro atoms. The number of aliphatic hydroxyl groups excluding tert-OH is 2. The number of esters is 3. The molecule has 0 amide bonds. The molecule has 1 fully saturated rings. The van der Waals surface area contributed by atoms with Crippen LogP contribution in [-0.4, -0.2) is 89.2 Å². The predicted octanol–water partition coefficient (Wildman–Crippen LogP) is 13.6. The lowest BCUT2D eigenvalue weighted by molar-refractivity contribution is -0.301. The highest BCUT2D eigenvalue weighted by Gasteiger charge is 2.50. The summed E-state index contributed by atoms with van der Waals surface area (Å²) in [6.45, 7) is 5.73. The van der Waals surface area contributed by atoms with Crippen LogP contribution in [0.1, 0.15) is 213 Å². The molecule has 12 nitrogen and oxygen atoms in total. The van der Waals surface area contributed by atoms with Crippen LogP contribution in [0.2, 0.25) is 0 Å². The monoisotopic (exact) mass is 997 g/mol. The number of aliphatic hydroxyl groups is 2. The van der Waals surface area contributed by atoms with Gasteiger partial charge in [0, 0.05) is 19.3 Å². The number of rotatable bonds is 45. The van der Waals surface area contributed by atoms with Crippen molar-refractivity contribution in [3.8, 4) is 0 Å². The number of carboxylic acid groups (broad SMARTS) is 1. The van der Waals surface area contributed by atoms with E-state index in [2.05, 4.69) is 93.7 Å². The van der Waals surface area contributed by atoms with Crippen molar-refractivity contribution in [1.29, 1.82) is 0 Å². The van der Waals surface area contributed by atoms with E-state index in [0.717, 1.165) is 109 Å². The third-order valence-corrected chi connectivity index (χ3v) is 11.9. The molecule has 0 radical (unpaired) electrons. The normalized spacial score (nSPS) is 19.1. The molecule has 1 saturated heterocycles. The second-order valence-electron chi connectivity index (χ2n) is 18.5. The van der Waals surface area contributed by atoms with Gasteiger partial charge in [-0.1, -0.05) is 176 Å². The van der Waals surface area contributed by atoms with Crippen LogP contribution in [0.3, 0.4) is 0 Å². The number of ether oxygens (including phenoxy) is 5. The number of carbonyl (C=O) groups excluding carboxylic acids is 3. The summed E-state index contributed by atoms with van der Waals surface area (Å²) in [7, 11) is 0. The Kier molecular flexibility index (Phi) is 42.9. The number of allylic oxidation sites excluding steroid dienone is 14. The standard InChI is InChI=1S/C59H96O12/c1-4-7-10-13-16-19-22-25-26-29-32-35-38-41-44-47-53(62)70-57-55(64)54(63)56(58(65)66)71-59(57)68-49-50(69-52(61)46-43-40-37-34-31-28-24-21-18-15-12-9-6-3)48-67-51(60)45-42-39-36-33-30-27-23-20-17-14-11-8-5-2/h8,11,16-17,19-21,24-27,30,36,39,50,54-57,59,63-64H,4-7,9-10,12-15,18,22-23,28-29,31-35,37-38,40-49H2,1-3H3,(H,65,66)/b11-8-,19-16-,20-17-,24-21-,26-25-,30-27-,39-36-. The first kappa shape index (κ1) is 64.9. The molecule has 1 rings (SSSR count). The maximum Gasteiger partial charge on any atom is 0.335 e. The topological polar surface area (TPSA) is 175 Å². The zero-order valence-electron chi connectivity index (χ0n) is 44.2. The molecule has 0 aromatic rings. The van der Waals surface area contributed by atoms with E-state index in [-0.39, 0.29) is 25.9 Å². The fraction of sp³-hybridized carbons (Fsp3) is 0.695. The van der Waals surface area contributed by atoms with Crippen LogP contribution >= 0.6 is 0 Å². The van der Waals surface area contributed by atoms with Crippen molar-refractivity contribution in [3.05, 3.63) is 85.1 Å². The molecule has 1 heterocycles. The molecule has 1 aliphatic rings. The molecular formula is C59H96O12. The second kappa shape index (κ2) is 46.9. The van der Waals surface area contributed by atoms with Crippen molar-refractivity contribution < 1.29 is 58.2 Å². The van der Waals surface area contributed by atoms with E-state index in [0.29, 0.717) is 19.3 Å². The maximum atomic E-state index is 13.1. The second-order valence-corrected chi connectivity index (χ2v) is 18.5. The predicted molar refractivity (Wildman–Crippen MR) is 284 cm³/mol. The van der Waals surface area contributed by atoms with Gasteiger partial charge < -0.3 is 39.0 Å². The van der Waals surface area contributed by atoms with Crippen molar-refractivity contribution in [1.82, 2.24) is 0 Å². The lowest BCUT2D eigenvalue weighted by Gasteiger charge is -2.40. The minimum absolute atomic E-state index is 0.0340. The molecule has 0 aromatic carbocycles. The van der Waals surface area contributed by atoms with Crippen LogP contribution in [0.5, 0.6) is 0 Å². The first-order valence-corrected chi connectivity index (χ1v) is 27.6. The molecule has 0 aromatic heterocycles. The van der Waals surface area contributed by atoms with Crippen molar-refractivity contribution in [2.75, 3.05) is 13.2 Å². The zero-order valence-corrected chi connectivity index (χ0v) is 44.2. The first-order chi connectivity index (χ1) is 34.6. The summed E-state index contributed by atoms with van der Waals surface area (Å²) in [5.74, 6) is -3.26. The fourth-order valence-electron chi connectivity index (χ4n) is 7.70. The number of aliphatic carboxylic acids is 1. The lowest BCUT2D eigenvalue weighted by Crippen LogP contribution is -2.61.